The van der Waals surface area contributed by atoms with E-state index < -0.39 is 5.91 Å². The molecule has 0 spiro atoms. The van der Waals surface area contributed by atoms with Gasteiger partial charge in [0.15, 0.2) is 5.82 Å². The molecular weight excluding hydrogens is 402 g/mol. The van der Waals surface area contributed by atoms with Crippen LogP contribution in [0.2, 0.25) is 5.02 Å². The van der Waals surface area contributed by atoms with Gasteiger partial charge in [0.05, 0.1) is 0 Å². The number of benzene rings is 1. The molecule has 2 unspecified atom stereocenters. The van der Waals surface area contributed by atoms with Crippen LogP contribution in [0.4, 0.5) is 0 Å². The molecule has 0 saturated carbocycles. The maximum Gasteiger partial charge on any atom is 0.271 e. The number of carbonyl (C=O) groups is 2. The van der Waals surface area contributed by atoms with Crippen molar-refractivity contribution in [2.45, 2.75) is 23.5 Å². The zero-order valence-corrected chi connectivity index (χ0v) is 17.0. The Balaban J connectivity index is 1.53. The predicted molar refractivity (Wildman–Crippen MR) is 106 cm³/mol. The lowest BCUT2D eigenvalue weighted by Gasteiger charge is -2.15. The second kappa shape index (κ2) is 8.66. The normalized spacial score (nSPS) is 18.6. The average Bonchev–Trinajstić information content (AvgIpc) is 3.30. The molecule has 0 bridgehead atoms. The Morgan fingerprint density at radius 1 is 1.36 bits per heavy atom. The minimum absolute atomic E-state index is 0.0583. The number of thioether (sulfide) groups is 1. The molecule has 1 aromatic carbocycles. The molecule has 1 fully saturated rings. The van der Waals surface area contributed by atoms with E-state index in [-0.39, 0.29) is 12.2 Å². The van der Waals surface area contributed by atoms with E-state index in [0.29, 0.717) is 35.0 Å². The first kappa shape index (κ1) is 20.2. The fourth-order valence-electron chi connectivity index (χ4n) is 2.66. The number of carbonyl (C=O) groups excluding carboxylic acids is 2. The summed E-state index contributed by atoms with van der Waals surface area (Å²) in [5.41, 5.74) is 6.87. The smallest absolute Gasteiger partial charge is 0.271 e. The van der Waals surface area contributed by atoms with Gasteiger partial charge in [0.2, 0.25) is 12.3 Å². The number of likely N-dealkylation sites (N-methyl/N-ethyl adjacent to an activating group) is 1. The second-order valence-corrected chi connectivity index (χ2v) is 8.29. The van der Waals surface area contributed by atoms with Gasteiger partial charge in [0, 0.05) is 42.2 Å². The molecule has 1 aliphatic heterocycles. The van der Waals surface area contributed by atoms with Crippen molar-refractivity contribution in [2.24, 2.45) is 5.73 Å². The van der Waals surface area contributed by atoms with Crippen LogP contribution in [0.5, 0.6) is 0 Å². The van der Waals surface area contributed by atoms with Crippen molar-refractivity contribution >= 4 is 35.7 Å². The molecule has 2 aromatic rings. The number of hydrogen-bond donors (Lipinski definition) is 1. The third kappa shape index (κ3) is 5.05. The van der Waals surface area contributed by atoms with Gasteiger partial charge in [-0.3, -0.25) is 9.59 Å². The van der Waals surface area contributed by atoms with Crippen molar-refractivity contribution < 1.29 is 14.1 Å². The Morgan fingerprint density at radius 2 is 2.07 bits per heavy atom. The maximum absolute atomic E-state index is 12.2. The molecule has 0 radical (unpaired) electrons. The summed E-state index contributed by atoms with van der Waals surface area (Å²) >= 11 is 7.77. The number of hydrogen-bond acceptors (Lipinski definition) is 7. The van der Waals surface area contributed by atoms with Gasteiger partial charge in [-0.25, -0.2) is 0 Å². The maximum atomic E-state index is 12.2. The van der Waals surface area contributed by atoms with Crippen LogP contribution in [-0.2, 0) is 22.6 Å². The van der Waals surface area contributed by atoms with E-state index in [0.717, 1.165) is 9.92 Å². The summed E-state index contributed by atoms with van der Waals surface area (Å²) in [4.78, 5) is 29.7. The van der Waals surface area contributed by atoms with E-state index in [2.05, 4.69) is 10.1 Å². The zero-order chi connectivity index (χ0) is 20.3. The third-order valence-electron chi connectivity index (χ3n) is 4.15. The first-order valence-corrected chi connectivity index (χ1v) is 9.82. The van der Waals surface area contributed by atoms with Gasteiger partial charge in [0.25, 0.3) is 5.91 Å². The molecule has 8 nitrogen and oxygen atoms in total. The highest BCUT2D eigenvalue weighted by Gasteiger charge is 2.40. The summed E-state index contributed by atoms with van der Waals surface area (Å²) in [6.07, 6.45) is 2.50. The van der Waals surface area contributed by atoms with Gasteiger partial charge >= 0.3 is 0 Å². The molecule has 10 heteroatoms. The molecule has 1 aromatic heterocycles. The Bertz CT molecular complexity index is 886. The Labute approximate surface area is 171 Å². The van der Waals surface area contributed by atoms with Crippen molar-refractivity contribution in [1.82, 2.24) is 19.9 Å². The van der Waals surface area contributed by atoms with Crippen LogP contribution in [0.15, 0.2) is 40.7 Å². The minimum atomic E-state index is -0.436. The number of aromatic nitrogens is 2. The lowest BCUT2D eigenvalue weighted by Crippen LogP contribution is -2.32. The van der Waals surface area contributed by atoms with Crippen LogP contribution < -0.4 is 5.73 Å². The molecule has 148 valence electrons. The summed E-state index contributed by atoms with van der Waals surface area (Å²) in [7, 11) is 3.06. The van der Waals surface area contributed by atoms with Crippen LogP contribution in [0.1, 0.15) is 22.5 Å². The van der Waals surface area contributed by atoms with E-state index in [1.807, 2.05) is 36.0 Å². The SMILES string of the molecule is CN(C=O)/C=C(/N)C(=O)N(C)Cc1nc(CC2SC2c2ccc(Cl)cc2)no1. The lowest BCUT2D eigenvalue weighted by molar-refractivity contribution is -0.126. The van der Waals surface area contributed by atoms with E-state index >= 15 is 0 Å². The van der Waals surface area contributed by atoms with Crippen LogP contribution >= 0.6 is 23.4 Å². The first-order valence-electron chi connectivity index (χ1n) is 8.49. The summed E-state index contributed by atoms with van der Waals surface area (Å²) in [6.45, 7) is 0.129. The van der Waals surface area contributed by atoms with Crippen LogP contribution in [-0.4, -0.2) is 51.6 Å². The third-order valence-corrected chi connectivity index (χ3v) is 5.77. The summed E-state index contributed by atoms with van der Waals surface area (Å²) in [5, 5.41) is 5.52. The topological polar surface area (TPSA) is 106 Å². The standard InChI is InChI=1S/C18H20ClN5O3S/c1-23(10-25)8-13(20)18(26)24(2)9-16-21-15(22-27-16)7-14-17(28-14)11-3-5-12(19)6-4-11/h3-6,8,10,14,17H,7,9,20H2,1-2H3/b13-8+. The fraction of sp³-hybridized carbons (Fsp3) is 0.333. The van der Waals surface area contributed by atoms with Crippen LogP contribution in [0, 0.1) is 0 Å². The van der Waals surface area contributed by atoms with E-state index in [1.54, 1.807) is 7.05 Å². The van der Waals surface area contributed by atoms with Crippen molar-refractivity contribution in [3.63, 3.8) is 0 Å². The molecule has 2 atom stereocenters. The highest BCUT2D eigenvalue weighted by Crippen LogP contribution is 2.56. The van der Waals surface area contributed by atoms with Crippen LogP contribution in [0.25, 0.3) is 0 Å². The highest BCUT2D eigenvalue weighted by atomic mass is 35.5. The van der Waals surface area contributed by atoms with Gasteiger partial charge in [-0.2, -0.15) is 4.98 Å². The molecule has 2 amide bonds. The number of halogens is 1. The summed E-state index contributed by atoms with van der Waals surface area (Å²) in [6, 6.07) is 7.84. The number of nitrogens with zero attached hydrogens (tertiary/aromatic N) is 4. The van der Waals surface area contributed by atoms with Crippen molar-refractivity contribution in [2.75, 3.05) is 14.1 Å². The minimum Gasteiger partial charge on any atom is -0.393 e. The van der Waals surface area contributed by atoms with Crippen molar-refractivity contribution in [3.05, 3.63) is 58.5 Å². The molecule has 1 saturated heterocycles. The number of nitrogens with two attached hydrogens (primary N) is 1. The largest absolute Gasteiger partial charge is 0.393 e. The van der Waals surface area contributed by atoms with Gasteiger partial charge < -0.3 is 20.1 Å². The molecule has 3 rings (SSSR count). The highest BCUT2D eigenvalue weighted by molar-refractivity contribution is 8.07. The lowest BCUT2D eigenvalue weighted by atomic mass is 10.1. The first-order chi connectivity index (χ1) is 13.4. The molecule has 28 heavy (non-hydrogen) atoms. The Hall–Kier alpha value is -2.52. The average molecular weight is 422 g/mol. The van der Waals surface area contributed by atoms with Gasteiger partial charge in [0.1, 0.15) is 12.2 Å². The second-order valence-electron chi connectivity index (χ2n) is 6.47. The van der Waals surface area contributed by atoms with E-state index in [1.165, 1.54) is 23.7 Å². The summed E-state index contributed by atoms with van der Waals surface area (Å²) in [5.74, 6) is 0.499. The van der Waals surface area contributed by atoms with Crippen molar-refractivity contribution in [3.8, 4) is 0 Å². The quantitative estimate of drug-likeness (QED) is 0.394. The fourth-order valence-corrected chi connectivity index (χ4v) is 3.89. The van der Waals surface area contributed by atoms with Gasteiger partial charge in [-0.1, -0.05) is 28.9 Å². The monoisotopic (exact) mass is 421 g/mol. The zero-order valence-electron chi connectivity index (χ0n) is 15.4. The summed E-state index contributed by atoms with van der Waals surface area (Å²) < 4.78 is 5.24. The number of amides is 2. The number of rotatable bonds is 8. The van der Waals surface area contributed by atoms with Crippen LogP contribution in [0.3, 0.4) is 0 Å². The molecule has 2 N–H and O–H groups in total. The predicted octanol–water partition coefficient (Wildman–Crippen LogP) is 1.97. The molecular formula is C18H20ClN5O3S. The molecule has 1 aliphatic rings. The van der Waals surface area contributed by atoms with Gasteiger partial charge in [-0.15, -0.1) is 11.8 Å². The Morgan fingerprint density at radius 3 is 2.75 bits per heavy atom. The molecule has 2 heterocycles. The van der Waals surface area contributed by atoms with E-state index in [4.69, 9.17) is 21.9 Å². The van der Waals surface area contributed by atoms with Crippen molar-refractivity contribution in [1.29, 1.82) is 0 Å². The van der Waals surface area contributed by atoms with Gasteiger partial charge in [-0.05, 0) is 17.7 Å². The Kier molecular flexibility index (Phi) is 6.25. The van der Waals surface area contributed by atoms with E-state index in [9.17, 15) is 9.59 Å². The molecule has 0 aliphatic carbocycles.